The Balaban J connectivity index is 2.62. The van der Waals surface area contributed by atoms with Crippen molar-refractivity contribution < 1.29 is 4.42 Å². The fourth-order valence-corrected chi connectivity index (χ4v) is 1.90. The zero-order chi connectivity index (χ0) is 12.0. The van der Waals surface area contributed by atoms with Gasteiger partial charge < -0.3 is 10.2 Å². The molecule has 0 saturated carbocycles. The Hall–Kier alpha value is -2.36. The average molecular weight is 226 g/mol. The van der Waals surface area contributed by atoms with Crippen LogP contribution in [0.25, 0.3) is 22.1 Å². The summed E-state index contributed by atoms with van der Waals surface area (Å²) in [7, 11) is 0. The van der Waals surface area contributed by atoms with Crippen molar-refractivity contribution >= 4 is 27.8 Å². The highest BCUT2D eigenvalue weighted by Crippen LogP contribution is 2.21. The summed E-state index contributed by atoms with van der Waals surface area (Å²) in [6.07, 6.45) is 0. The Bertz CT molecular complexity index is 790. The molecule has 2 N–H and O–H groups in total. The topological polar surface area (TPSA) is 69.1 Å². The van der Waals surface area contributed by atoms with Crippen molar-refractivity contribution in [1.82, 2.24) is 4.98 Å². The molecule has 0 radical (unpaired) electrons. The standard InChI is InChI=1S/C13H10N2O2/c1-7-5-6-8-12(16)11-9(14)3-2-4-10(11)17-13(8)15-7/h2-6H,14H2,1H3. The first kappa shape index (κ1) is 9.84. The third kappa shape index (κ3) is 1.38. The lowest BCUT2D eigenvalue weighted by molar-refractivity contribution is 0.643. The van der Waals surface area contributed by atoms with Crippen LogP contribution in [0.1, 0.15) is 5.69 Å². The second-order valence-electron chi connectivity index (χ2n) is 3.96. The minimum atomic E-state index is -0.133. The van der Waals surface area contributed by atoms with Gasteiger partial charge in [-0.05, 0) is 31.2 Å². The molecule has 0 amide bonds. The molecule has 0 aliphatic heterocycles. The number of anilines is 1. The van der Waals surface area contributed by atoms with Crippen molar-refractivity contribution in [2.45, 2.75) is 6.92 Å². The molecule has 0 fully saturated rings. The summed E-state index contributed by atoms with van der Waals surface area (Å²) < 4.78 is 5.60. The van der Waals surface area contributed by atoms with E-state index in [1.54, 1.807) is 30.3 Å². The van der Waals surface area contributed by atoms with Crippen LogP contribution in [0.15, 0.2) is 39.5 Å². The highest BCUT2D eigenvalue weighted by atomic mass is 16.3. The van der Waals surface area contributed by atoms with E-state index in [1.165, 1.54) is 0 Å². The maximum absolute atomic E-state index is 12.2. The van der Waals surface area contributed by atoms with Crippen molar-refractivity contribution in [3.63, 3.8) is 0 Å². The molecule has 2 heterocycles. The van der Waals surface area contributed by atoms with Crippen LogP contribution in [0.2, 0.25) is 0 Å². The van der Waals surface area contributed by atoms with Gasteiger partial charge in [0.1, 0.15) is 5.58 Å². The SMILES string of the molecule is Cc1ccc2c(=O)c3c(N)cccc3oc2n1. The van der Waals surface area contributed by atoms with Crippen LogP contribution in [0.4, 0.5) is 5.69 Å². The highest BCUT2D eigenvalue weighted by molar-refractivity contribution is 5.95. The van der Waals surface area contributed by atoms with E-state index in [-0.39, 0.29) is 5.43 Å². The number of fused-ring (bicyclic) bond motifs is 2. The molecule has 3 rings (SSSR count). The first-order valence-corrected chi connectivity index (χ1v) is 5.25. The van der Waals surface area contributed by atoms with Crippen LogP contribution in [-0.2, 0) is 0 Å². The maximum Gasteiger partial charge on any atom is 0.230 e. The molecule has 0 aliphatic carbocycles. The van der Waals surface area contributed by atoms with Crippen LogP contribution < -0.4 is 11.2 Å². The van der Waals surface area contributed by atoms with Gasteiger partial charge in [-0.1, -0.05) is 6.07 Å². The van der Waals surface area contributed by atoms with Gasteiger partial charge in [-0.15, -0.1) is 0 Å². The molecule has 84 valence electrons. The van der Waals surface area contributed by atoms with E-state index >= 15 is 0 Å². The largest absolute Gasteiger partial charge is 0.437 e. The molecule has 3 aromatic rings. The van der Waals surface area contributed by atoms with Crippen LogP contribution in [0.5, 0.6) is 0 Å². The number of nitrogen functional groups attached to an aromatic ring is 1. The Kier molecular flexibility index (Phi) is 1.92. The molecule has 4 heteroatoms. The van der Waals surface area contributed by atoms with Gasteiger partial charge in [0.15, 0.2) is 0 Å². The van der Waals surface area contributed by atoms with E-state index in [9.17, 15) is 4.79 Å². The summed E-state index contributed by atoms with van der Waals surface area (Å²) >= 11 is 0. The average Bonchev–Trinajstić information content (AvgIpc) is 2.28. The highest BCUT2D eigenvalue weighted by Gasteiger charge is 2.10. The van der Waals surface area contributed by atoms with Crippen molar-refractivity contribution in [2.24, 2.45) is 0 Å². The number of hydrogen-bond acceptors (Lipinski definition) is 4. The lowest BCUT2D eigenvalue weighted by Crippen LogP contribution is -2.05. The second kappa shape index (κ2) is 3.31. The molecular formula is C13H10N2O2. The van der Waals surface area contributed by atoms with E-state index < -0.39 is 0 Å². The van der Waals surface area contributed by atoms with Gasteiger partial charge in [0.25, 0.3) is 0 Å². The smallest absolute Gasteiger partial charge is 0.230 e. The van der Waals surface area contributed by atoms with Crippen molar-refractivity contribution in [2.75, 3.05) is 5.73 Å². The molecule has 0 spiro atoms. The molecule has 4 nitrogen and oxygen atoms in total. The summed E-state index contributed by atoms with van der Waals surface area (Å²) in [5.41, 5.74) is 7.73. The lowest BCUT2D eigenvalue weighted by Gasteiger charge is -2.03. The summed E-state index contributed by atoms with van der Waals surface area (Å²) in [5, 5.41) is 0.881. The molecule has 17 heavy (non-hydrogen) atoms. The number of rotatable bonds is 0. The second-order valence-corrected chi connectivity index (χ2v) is 3.96. The number of pyridine rings is 1. The number of aryl methyl sites for hydroxylation is 1. The molecule has 2 aromatic heterocycles. The molecule has 0 saturated heterocycles. The molecule has 0 bridgehead atoms. The van der Waals surface area contributed by atoms with E-state index in [4.69, 9.17) is 10.2 Å². The van der Waals surface area contributed by atoms with Crippen molar-refractivity contribution in [3.8, 4) is 0 Å². The summed E-state index contributed by atoms with van der Waals surface area (Å²) in [6, 6.07) is 8.66. The van der Waals surface area contributed by atoms with Crippen molar-refractivity contribution in [1.29, 1.82) is 0 Å². The van der Waals surface area contributed by atoms with Gasteiger partial charge in [-0.25, -0.2) is 4.98 Å². The third-order valence-electron chi connectivity index (χ3n) is 2.74. The van der Waals surface area contributed by atoms with E-state index in [0.717, 1.165) is 5.69 Å². The summed E-state index contributed by atoms with van der Waals surface area (Å²) in [5.74, 6) is 0. The first-order chi connectivity index (χ1) is 8.16. The van der Waals surface area contributed by atoms with Gasteiger partial charge in [0.2, 0.25) is 11.1 Å². The summed E-state index contributed by atoms with van der Waals surface area (Å²) in [4.78, 5) is 16.4. The van der Waals surface area contributed by atoms with Crippen LogP contribution in [0, 0.1) is 6.92 Å². The van der Waals surface area contributed by atoms with Gasteiger partial charge in [-0.2, -0.15) is 0 Å². The Morgan fingerprint density at radius 3 is 2.88 bits per heavy atom. The maximum atomic E-state index is 12.2. The van der Waals surface area contributed by atoms with Crippen LogP contribution in [-0.4, -0.2) is 4.98 Å². The lowest BCUT2D eigenvalue weighted by atomic mass is 10.1. The monoisotopic (exact) mass is 226 g/mol. The Labute approximate surface area is 96.7 Å². The van der Waals surface area contributed by atoms with Gasteiger partial charge >= 0.3 is 0 Å². The van der Waals surface area contributed by atoms with Gasteiger partial charge in [0, 0.05) is 11.4 Å². The van der Waals surface area contributed by atoms with E-state index in [1.807, 2.05) is 6.92 Å². The van der Waals surface area contributed by atoms with Crippen molar-refractivity contribution in [3.05, 3.63) is 46.2 Å². The minimum Gasteiger partial charge on any atom is -0.437 e. The normalized spacial score (nSPS) is 11.1. The minimum absolute atomic E-state index is 0.133. The Morgan fingerprint density at radius 2 is 2.06 bits per heavy atom. The Morgan fingerprint density at radius 1 is 1.24 bits per heavy atom. The summed E-state index contributed by atoms with van der Waals surface area (Å²) in [6.45, 7) is 1.85. The predicted molar refractivity (Wildman–Crippen MR) is 66.9 cm³/mol. The number of aromatic nitrogens is 1. The van der Waals surface area contributed by atoms with Gasteiger partial charge in [-0.3, -0.25) is 4.79 Å². The molecule has 1 aromatic carbocycles. The fraction of sp³-hybridized carbons (Fsp3) is 0.0769. The molecule has 0 aliphatic rings. The molecule has 0 atom stereocenters. The molecular weight excluding hydrogens is 216 g/mol. The fourth-order valence-electron chi connectivity index (χ4n) is 1.90. The predicted octanol–water partition coefficient (Wildman–Crippen LogP) is 2.23. The van der Waals surface area contributed by atoms with Crippen LogP contribution >= 0.6 is 0 Å². The zero-order valence-electron chi connectivity index (χ0n) is 9.23. The van der Waals surface area contributed by atoms with E-state index in [0.29, 0.717) is 27.8 Å². The van der Waals surface area contributed by atoms with Crippen LogP contribution in [0.3, 0.4) is 0 Å². The third-order valence-corrected chi connectivity index (χ3v) is 2.74. The quantitative estimate of drug-likeness (QED) is 0.471. The number of nitrogens with two attached hydrogens (primary N) is 1. The number of hydrogen-bond donors (Lipinski definition) is 1. The zero-order valence-corrected chi connectivity index (χ0v) is 9.23. The number of benzene rings is 1. The van der Waals surface area contributed by atoms with Gasteiger partial charge in [0.05, 0.1) is 10.8 Å². The number of nitrogens with zero attached hydrogens (tertiary/aromatic N) is 1. The van der Waals surface area contributed by atoms with E-state index in [2.05, 4.69) is 4.98 Å². The first-order valence-electron chi connectivity index (χ1n) is 5.25. The molecule has 0 unspecified atom stereocenters.